The van der Waals surface area contributed by atoms with Crippen LogP contribution in [0.2, 0.25) is 0 Å². The van der Waals surface area contributed by atoms with Gasteiger partial charge in [0, 0.05) is 45.0 Å². The van der Waals surface area contributed by atoms with Gasteiger partial charge in [-0.2, -0.15) is 4.31 Å². The number of rotatable bonds is 5. The lowest BCUT2D eigenvalue weighted by Gasteiger charge is -2.32. The first kappa shape index (κ1) is 16.1. The van der Waals surface area contributed by atoms with Crippen LogP contribution in [0, 0.1) is 0 Å². The molecule has 1 fully saturated rings. The summed E-state index contributed by atoms with van der Waals surface area (Å²) in [6, 6.07) is 5.15. The van der Waals surface area contributed by atoms with E-state index in [1.54, 1.807) is 12.1 Å². The first-order valence-corrected chi connectivity index (χ1v) is 8.80. The highest BCUT2D eigenvalue weighted by molar-refractivity contribution is 7.89. The molecule has 0 aromatic heterocycles. The van der Waals surface area contributed by atoms with Crippen molar-refractivity contribution in [1.82, 2.24) is 9.62 Å². The van der Waals surface area contributed by atoms with Crippen molar-refractivity contribution in [2.45, 2.75) is 18.7 Å². The van der Waals surface area contributed by atoms with Gasteiger partial charge in [-0.15, -0.1) is 0 Å². The van der Waals surface area contributed by atoms with Gasteiger partial charge in [0.1, 0.15) is 4.90 Å². The van der Waals surface area contributed by atoms with Crippen molar-refractivity contribution in [1.29, 1.82) is 0 Å². The van der Waals surface area contributed by atoms with E-state index in [9.17, 15) is 8.42 Å². The average molecular weight is 312 g/mol. The number of anilines is 2. The van der Waals surface area contributed by atoms with Crippen LogP contribution in [-0.2, 0) is 10.0 Å². The van der Waals surface area contributed by atoms with E-state index in [1.807, 2.05) is 19.9 Å². The first-order chi connectivity index (χ1) is 10.0. The Hall–Kier alpha value is -1.31. The van der Waals surface area contributed by atoms with Gasteiger partial charge in [0.15, 0.2) is 0 Å². The monoisotopic (exact) mass is 312 g/mol. The number of sulfonamides is 1. The van der Waals surface area contributed by atoms with Gasteiger partial charge in [-0.3, -0.25) is 0 Å². The number of hydrogen-bond donors (Lipinski definition) is 2. The molecular formula is C14H24N4O2S. The van der Waals surface area contributed by atoms with Gasteiger partial charge in [0.2, 0.25) is 10.0 Å². The van der Waals surface area contributed by atoms with Crippen LogP contribution in [0.25, 0.3) is 0 Å². The third-order valence-corrected chi connectivity index (χ3v) is 5.84. The van der Waals surface area contributed by atoms with Gasteiger partial charge in [-0.25, -0.2) is 8.42 Å². The summed E-state index contributed by atoms with van der Waals surface area (Å²) in [5, 5.41) is 3.27. The number of piperazine rings is 1. The predicted octanol–water partition coefficient (Wildman–Crippen LogP) is 0.709. The van der Waals surface area contributed by atoms with Crippen LogP contribution in [-0.4, -0.2) is 52.0 Å². The highest BCUT2D eigenvalue weighted by atomic mass is 32.2. The largest absolute Gasteiger partial charge is 0.399 e. The lowest BCUT2D eigenvalue weighted by molar-refractivity contribution is 0.445. The molecule has 1 aromatic rings. The number of nitrogens with zero attached hydrogens (tertiary/aromatic N) is 2. The van der Waals surface area contributed by atoms with E-state index in [0.717, 1.165) is 31.9 Å². The van der Waals surface area contributed by atoms with Gasteiger partial charge in [0.25, 0.3) is 0 Å². The second-order valence-electron chi connectivity index (χ2n) is 5.05. The molecule has 1 aromatic carbocycles. The minimum atomic E-state index is -3.51. The number of nitrogen functional groups attached to an aromatic ring is 1. The Morgan fingerprint density at radius 1 is 1.24 bits per heavy atom. The fourth-order valence-corrected chi connectivity index (χ4v) is 4.31. The van der Waals surface area contributed by atoms with Crippen LogP contribution in [0.5, 0.6) is 0 Å². The van der Waals surface area contributed by atoms with Gasteiger partial charge in [0.05, 0.1) is 5.69 Å². The van der Waals surface area contributed by atoms with E-state index in [4.69, 9.17) is 5.73 Å². The molecule has 0 spiro atoms. The molecule has 118 valence electrons. The molecule has 0 saturated carbocycles. The molecule has 1 aliphatic rings. The molecular weight excluding hydrogens is 288 g/mol. The van der Waals surface area contributed by atoms with E-state index >= 15 is 0 Å². The summed E-state index contributed by atoms with van der Waals surface area (Å²) >= 11 is 0. The number of benzene rings is 1. The molecule has 0 bridgehead atoms. The SMILES string of the molecule is CCN(CC)S(=O)(=O)c1cc(N)ccc1N1CCNCC1. The molecule has 2 rings (SSSR count). The van der Waals surface area contributed by atoms with Crippen molar-refractivity contribution < 1.29 is 8.42 Å². The smallest absolute Gasteiger partial charge is 0.245 e. The van der Waals surface area contributed by atoms with Crippen molar-refractivity contribution in [3.63, 3.8) is 0 Å². The normalized spacial score (nSPS) is 16.4. The van der Waals surface area contributed by atoms with Crippen molar-refractivity contribution in [3.8, 4) is 0 Å². The van der Waals surface area contributed by atoms with E-state index in [2.05, 4.69) is 10.2 Å². The maximum atomic E-state index is 12.8. The van der Waals surface area contributed by atoms with Crippen LogP contribution in [0.15, 0.2) is 23.1 Å². The Labute approximate surface area is 127 Å². The maximum absolute atomic E-state index is 12.8. The summed E-state index contributed by atoms with van der Waals surface area (Å²) in [5.74, 6) is 0. The number of nitrogens with two attached hydrogens (primary N) is 1. The summed E-state index contributed by atoms with van der Waals surface area (Å²) < 4.78 is 27.1. The molecule has 0 radical (unpaired) electrons. The van der Waals surface area contributed by atoms with E-state index in [0.29, 0.717) is 23.7 Å². The van der Waals surface area contributed by atoms with Crippen LogP contribution in [0.1, 0.15) is 13.8 Å². The molecule has 3 N–H and O–H groups in total. The second-order valence-corrected chi connectivity index (χ2v) is 6.96. The molecule has 6 nitrogen and oxygen atoms in total. The number of nitrogens with one attached hydrogen (secondary N) is 1. The molecule has 1 aliphatic heterocycles. The molecule has 0 atom stereocenters. The Balaban J connectivity index is 2.48. The Morgan fingerprint density at radius 2 is 1.86 bits per heavy atom. The Kier molecular flexibility index (Phi) is 5.08. The third-order valence-electron chi connectivity index (χ3n) is 3.76. The lowest BCUT2D eigenvalue weighted by Crippen LogP contribution is -2.44. The molecule has 0 unspecified atom stereocenters. The van der Waals surface area contributed by atoms with Gasteiger partial charge in [-0.1, -0.05) is 13.8 Å². The van der Waals surface area contributed by atoms with Crippen LogP contribution in [0.4, 0.5) is 11.4 Å². The van der Waals surface area contributed by atoms with Gasteiger partial charge >= 0.3 is 0 Å². The Bertz CT molecular complexity index is 579. The zero-order valence-corrected chi connectivity index (χ0v) is 13.5. The zero-order valence-electron chi connectivity index (χ0n) is 12.7. The third kappa shape index (κ3) is 3.30. The lowest BCUT2D eigenvalue weighted by atomic mass is 10.2. The summed E-state index contributed by atoms with van der Waals surface area (Å²) in [5.41, 5.74) is 7.04. The fourth-order valence-electron chi connectivity index (χ4n) is 2.61. The highest BCUT2D eigenvalue weighted by Crippen LogP contribution is 2.30. The maximum Gasteiger partial charge on any atom is 0.245 e. The molecule has 0 amide bonds. The van der Waals surface area contributed by atoms with E-state index in [-0.39, 0.29) is 0 Å². The minimum absolute atomic E-state index is 0.313. The van der Waals surface area contributed by atoms with E-state index in [1.165, 1.54) is 4.31 Å². The van der Waals surface area contributed by atoms with Crippen LogP contribution in [0.3, 0.4) is 0 Å². The van der Waals surface area contributed by atoms with Crippen LogP contribution < -0.4 is 16.0 Å². The molecule has 21 heavy (non-hydrogen) atoms. The summed E-state index contributed by atoms with van der Waals surface area (Å²) in [6.07, 6.45) is 0. The Morgan fingerprint density at radius 3 is 2.43 bits per heavy atom. The minimum Gasteiger partial charge on any atom is -0.399 e. The molecule has 1 heterocycles. The van der Waals surface area contributed by atoms with Crippen molar-refractivity contribution in [2.24, 2.45) is 0 Å². The summed E-state index contributed by atoms with van der Waals surface area (Å²) in [7, 11) is -3.51. The van der Waals surface area contributed by atoms with Crippen molar-refractivity contribution >= 4 is 21.4 Å². The molecule has 0 aliphatic carbocycles. The topological polar surface area (TPSA) is 78.7 Å². The summed E-state index contributed by atoms with van der Waals surface area (Å²) in [4.78, 5) is 2.42. The first-order valence-electron chi connectivity index (χ1n) is 7.36. The van der Waals surface area contributed by atoms with Crippen LogP contribution >= 0.6 is 0 Å². The quantitative estimate of drug-likeness (QED) is 0.783. The summed E-state index contributed by atoms with van der Waals surface area (Å²) in [6.45, 7) is 7.90. The standard InChI is InChI=1S/C14H24N4O2S/c1-3-18(4-2)21(19,20)14-11-12(15)5-6-13(14)17-9-7-16-8-10-17/h5-6,11,16H,3-4,7-10,15H2,1-2H3. The van der Waals surface area contributed by atoms with Crippen molar-refractivity contribution in [3.05, 3.63) is 18.2 Å². The molecule has 1 saturated heterocycles. The van der Waals surface area contributed by atoms with Gasteiger partial charge in [-0.05, 0) is 18.2 Å². The molecule has 7 heteroatoms. The predicted molar refractivity (Wildman–Crippen MR) is 86.0 cm³/mol. The number of hydrogen-bond acceptors (Lipinski definition) is 5. The zero-order chi connectivity index (χ0) is 15.5. The average Bonchev–Trinajstić information content (AvgIpc) is 2.49. The van der Waals surface area contributed by atoms with E-state index < -0.39 is 10.0 Å². The van der Waals surface area contributed by atoms with Gasteiger partial charge < -0.3 is 16.0 Å². The van der Waals surface area contributed by atoms with Crippen molar-refractivity contribution in [2.75, 3.05) is 49.9 Å². The fraction of sp³-hybridized carbons (Fsp3) is 0.571. The highest BCUT2D eigenvalue weighted by Gasteiger charge is 2.27. The second kappa shape index (κ2) is 6.64.